The summed E-state index contributed by atoms with van der Waals surface area (Å²) in [5, 5.41) is 0. The van der Waals surface area contributed by atoms with Gasteiger partial charge in [0.1, 0.15) is 4.99 Å². The van der Waals surface area contributed by atoms with E-state index in [1.807, 2.05) is 20.8 Å². The molecule has 0 aliphatic heterocycles. The molecule has 1 rings (SSSR count). The van der Waals surface area contributed by atoms with E-state index in [1.165, 1.54) is 12.1 Å². The number of hydrogen-bond acceptors (Lipinski definition) is 4. The first-order valence-corrected chi connectivity index (χ1v) is 8.67. The van der Waals surface area contributed by atoms with E-state index in [4.69, 9.17) is 22.7 Å². The van der Waals surface area contributed by atoms with Crippen molar-refractivity contribution in [1.82, 2.24) is 4.72 Å². The highest BCUT2D eigenvalue weighted by atomic mass is 32.2. The van der Waals surface area contributed by atoms with Gasteiger partial charge in [-0.15, -0.1) is 0 Å². The average Bonchev–Trinajstić information content (AvgIpc) is 2.43. The van der Waals surface area contributed by atoms with E-state index < -0.39 is 10.0 Å². The molecule has 0 aliphatic carbocycles. The van der Waals surface area contributed by atoms with Crippen molar-refractivity contribution in [3.63, 3.8) is 0 Å². The van der Waals surface area contributed by atoms with E-state index in [0.717, 1.165) is 0 Å². The van der Waals surface area contributed by atoms with Crippen molar-refractivity contribution in [2.45, 2.75) is 31.7 Å². The first-order valence-electron chi connectivity index (χ1n) is 6.78. The van der Waals surface area contributed by atoms with Crippen LogP contribution in [0.5, 0.6) is 0 Å². The van der Waals surface area contributed by atoms with Crippen LogP contribution in [0.2, 0.25) is 0 Å². The summed E-state index contributed by atoms with van der Waals surface area (Å²) in [7, 11) is -3.64. The van der Waals surface area contributed by atoms with E-state index in [9.17, 15) is 8.42 Å². The molecule has 0 aliphatic rings. The number of rotatable bonds is 8. The third-order valence-electron chi connectivity index (χ3n) is 3.04. The van der Waals surface area contributed by atoms with Crippen LogP contribution in [0.1, 0.15) is 26.3 Å². The van der Waals surface area contributed by atoms with Gasteiger partial charge in [-0.05, 0) is 25.0 Å². The first kappa shape index (κ1) is 18.0. The normalized spacial score (nSPS) is 13.3. The summed E-state index contributed by atoms with van der Waals surface area (Å²) in [5.74, 6) is 0.116. The SMILES string of the molecule is CCOCC(NS(=O)(=O)c1cccc(C(N)=S)c1)C(C)C. The quantitative estimate of drug-likeness (QED) is 0.709. The Hall–Kier alpha value is -1.02. The minimum Gasteiger partial charge on any atom is -0.389 e. The van der Waals surface area contributed by atoms with Gasteiger partial charge >= 0.3 is 0 Å². The number of ether oxygens (including phenoxy) is 1. The Bertz CT molecular complexity index is 586. The predicted octanol–water partition coefficient (Wildman–Crippen LogP) is 1.66. The van der Waals surface area contributed by atoms with Crippen molar-refractivity contribution in [3.8, 4) is 0 Å². The number of sulfonamides is 1. The first-order chi connectivity index (χ1) is 9.77. The average molecular weight is 330 g/mol. The number of hydrogen-bond donors (Lipinski definition) is 2. The predicted molar refractivity (Wildman–Crippen MR) is 87.8 cm³/mol. The van der Waals surface area contributed by atoms with Crippen molar-refractivity contribution in [1.29, 1.82) is 0 Å². The molecule has 21 heavy (non-hydrogen) atoms. The van der Waals surface area contributed by atoms with Crippen LogP contribution in [0, 0.1) is 5.92 Å². The molecule has 0 radical (unpaired) electrons. The van der Waals surface area contributed by atoms with Crippen LogP contribution >= 0.6 is 12.2 Å². The van der Waals surface area contributed by atoms with Gasteiger partial charge in [-0.3, -0.25) is 0 Å². The van der Waals surface area contributed by atoms with Crippen molar-refractivity contribution < 1.29 is 13.2 Å². The summed E-state index contributed by atoms with van der Waals surface area (Å²) in [5.41, 5.74) is 6.06. The summed E-state index contributed by atoms with van der Waals surface area (Å²) >= 11 is 4.87. The van der Waals surface area contributed by atoms with Gasteiger partial charge in [0.2, 0.25) is 10.0 Å². The van der Waals surface area contributed by atoms with Crippen molar-refractivity contribution in [2.24, 2.45) is 11.7 Å². The van der Waals surface area contributed by atoms with Gasteiger partial charge in [0, 0.05) is 18.2 Å². The molecular formula is C14H22N2O3S2. The minimum absolute atomic E-state index is 0.116. The minimum atomic E-state index is -3.64. The molecule has 0 saturated carbocycles. The van der Waals surface area contributed by atoms with Crippen molar-refractivity contribution >= 4 is 27.2 Å². The van der Waals surface area contributed by atoms with Gasteiger partial charge in [0.05, 0.1) is 11.5 Å². The Morgan fingerprint density at radius 1 is 1.43 bits per heavy atom. The number of nitrogens with one attached hydrogen (secondary N) is 1. The van der Waals surface area contributed by atoms with Gasteiger partial charge in [-0.25, -0.2) is 13.1 Å². The molecule has 0 amide bonds. The zero-order valence-electron chi connectivity index (χ0n) is 12.5. The summed E-state index contributed by atoms with van der Waals surface area (Å²) in [6.07, 6.45) is 0. The molecule has 0 aromatic heterocycles. The summed E-state index contributed by atoms with van der Waals surface area (Å²) in [6.45, 7) is 6.64. The van der Waals surface area contributed by atoms with Crippen LogP contribution in [-0.4, -0.2) is 32.7 Å². The van der Waals surface area contributed by atoms with Gasteiger partial charge in [-0.1, -0.05) is 38.2 Å². The molecule has 1 atom stereocenters. The third kappa shape index (κ3) is 5.35. The zero-order chi connectivity index (χ0) is 16.0. The Balaban J connectivity index is 2.98. The molecule has 1 aromatic rings. The Morgan fingerprint density at radius 3 is 2.62 bits per heavy atom. The fraction of sp³-hybridized carbons (Fsp3) is 0.500. The van der Waals surface area contributed by atoms with E-state index in [1.54, 1.807) is 12.1 Å². The fourth-order valence-corrected chi connectivity index (χ4v) is 3.23. The highest BCUT2D eigenvalue weighted by molar-refractivity contribution is 7.89. The lowest BCUT2D eigenvalue weighted by molar-refractivity contribution is 0.116. The molecule has 7 heteroatoms. The monoisotopic (exact) mass is 330 g/mol. The van der Waals surface area contributed by atoms with Crippen LogP contribution in [0.4, 0.5) is 0 Å². The summed E-state index contributed by atoms with van der Waals surface area (Å²) < 4.78 is 32.9. The number of thiocarbonyl (C=S) groups is 1. The fourth-order valence-electron chi connectivity index (χ4n) is 1.69. The summed E-state index contributed by atoms with van der Waals surface area (Å²) in [4.78, 5) is 0.316. The van der Waals surface area contributed by atoms with Gasteiger partial charge < -0.3 is 10.5 Å². The molecule has 118 valence electrons. The lowest BCUT2D eigenvalue weighted by atomic mass is 10.1. The van der Waals surface area contributed by atoms with E-state index in [0.29, 0.717) is 18.8 Å². The third-order valence-corrected chi connectivity index (χ3v) is 4.76. The van der Waals surface area contributed by atoms with Crippen LogP contribution in [0.25, 0.3) is 0 Å². The topological polar surface area (TPSA) is 81.4 Å². The van der Waals surface area contributed by atoms with E-state index in [-0.39, 0.29) is 21.8 Å². The maximum Gasteiger partial charge on any atom is 0.240 e. The standard InChI is InChI=1S/C14H22N2O3S2/c1-4-19-9-13(10(2)3)16-21(17,18)12-7-5-6-11(8-12)14(15)20/h5-8,10,13,16H,4,9H2,1-3H3,(H2,15,20). The van der Waals surface area contributed by atoms with Gasteiger partial charge in [-0.2, -0.15) is 0 Å². The van der Waals surface area contributed by atoms with Gasteiger partial charge in [0.15, 0.2) is 0 Å². The zero-order valence-corrected chi connectivity index (χ0v) is 14.1. The molecule has 5 nitrogen and oxygen atoms in total. The lowest BCUT2D eigenvalue weighted by Crippen LogP contribution is -2.41. The Morgan fingerprint density at radius 2 is 2.10 bits per heavy atom. The molecule has 0 saturated heterocycles. The molecule has 0 fully saturated rings. The highest BCUT2D eigenvalue weighted by Gasteiger charge is 2.23. The molecule has 1 aromatic carbocycles. The second-order valence-electron chi connectivity index (χ2n) is 5.02. The molecule has 0 bridgehead atoms. The van der Waals surface area contributed by atoms with Gasteiger partial charge in [0.25, 0.3) is 0 Å². The van der Waals surface area contributed by atoms with Crippen LogP contribution in [-0.2, 0) is 14.8 Å². The summed E-state index contributed by atoms with van der Waals surface area (Å²) in [6, 6.07) is 6.01. The highest BCUT2D eigenvalue weighted by Crippen LogP contribution is 2.14. The second kappa shape index (κ2) is 7.84. The Kier molecular flexibility index (Phi) is 6.73. The molecule has 3 N–H and O–H groups in total. The van der Waals surface area contributed by atoms with Crippen LogP contribution in [0.3, 0.4) is 0 Å². The maximum absolute atomic E-state index is 12.4. The van der Waals surface area contributed by atoms with Crippen LogP contribution < -0.4 is 10.5 Å². The molecule has 1 unspecified atom stereocenters. The largest absolute Gasteiger partial charge is 0.389 e. The van der Waals surface area contributed by atoms with Crippen LogP contribution in [0.15, 0.2) is 29.2 Å². The van der Waals surface area contributed by atoms with Crippen molar-refractivity contribution in [2.75, 3.05) is 13.2 Å². The molecule has 0 spiro atoms. The number of nitrogens with two attached hydrogens (primary N) is 1. The lowest BCUT2D eigenvalue weighted by Gasteiger charge is -2.22. The van der Waals surface area contributed by atoms with E-state index in [2.05, 4.69) is 4.72 Å². The van der Waals surface area contributed by atoms with Crippen molar-refractivity contribution in [3.05, 3.63) is 29.8 Å². The second-order valence-corrected chi connectivity index (χ2v) is 7.18. The number of benzene rings is 1. The Labute approximate surface area is 131 Å². The smallest absolute Gasteiger partial charge is 0.240 e. The maximum atomic E-state index is 12.4. The molecular weight excluding hydrogens is 308 g/mol. The molecule has 0 heterocycles. The van der Waals surface area contributed by atoms with E-state index >= 15 is 0 Å².